The molecule has 114 valence electrons. The third-order valence-electron chi connectivity index (χ3n) is 3.83. The number of thiophene rings is 1. The van der Waals surface area contributed by atoms with Gasteiger partial charge < -0.3 is 4.57 Å². The van der Waals surface area contributed by atoms with Gasteiger partial charge in [0, 0.05) is 23.9 Å². The van der Waals surface area contributed by atoms with Crippen molar-refractivity contribution in [2.45, 2.75) is 4.21 Å². The number of fused-ring (bicyclic) bond motifs is 3. The van der Waals surface area contributed by atoms with Gasteiger partial charge in [-0.05, 0) is 36.1 Å². The Kier molecular flexibility index (Phi) is 3.14. The average molecular weight is 342 g/mol. The van der Waals surface area contributed by atoms with Gasteiger partial charge in [0.2, 0.25) is 5.78 Å². The lowest BCUT2D eigenvalue weighted by atomic mass is 10.1. The number of nitro groups is 1. The van der Waals surface area contributed by atoms with E-state index in [9.17, 15) is 14.9 Å². The zero-order chi connectivity index (χ0) is 16.1. The first kappa shape index (κ1) is 14.2. The molecule has 0 saturated heterocycles. The fourth-order valence-electron chi connectivity index (χ4n) is 2.81. The van der Waals surface area contributed by atoms with Gasteiger partial charge in [-0.3, -0.25) is 14.9 Å². The van der Waals surface area contributed by atoms with Gasteiger partial charge in [0.25, 0.3) is 5.69 Å². The first-order chi connectivity index (χ1) is 11.1. The van der Waals surface area contributed by atoms with E-state index < -0.39 is 4.92 Å². The van der Waals surface area contributed by atoms with E-state index in [1.807, 2.05) is 29.2 Å². The Balaban J connectivity index is 1.95. The monoisotopic (exact) mass is 342 g/mol. The van der Waals surface area contributed by atoms with E-state index in [1.54, 1.807) is 23.9 Å². The Morgan fingerprint density at radius 3 is 2.61 bits per heavy atom. The van der Waals surface area contributed by atoms with E-state index in [-0.39, 0.29) is 11.5 Å². The number of carbonyl (C=O) groups is 1. The number of aromatic nitrogens is 1. The molecule has 0 spiro atoms. The number of hydrogen-bond donors (Lipinski definition) is 0. The van der Waals surface area contributed by atoms with Crippen molar-refractivity contribution in [2.75, 3.05) is 6.26 Å². The van der Waals surface area contributed by atoms with Crippen molar-refractivity contribution >= 4 is 34.6 Å². The van der Waals surface area contributed by atoms with Gasteiger partial charge in [-0.15, -0.1) is 23.1 Å². The van der Waals surface area contributed by atoms with E-state index >= 15 is 0 Å². The van der Waals surface area contributed by atoms with E-state index in [0.29, 0.717) is 5.69 Å². The molecule has 3 heterocycles. The third kappa shape index (κ3) is 1.97. The molecule has 0 saturated carbocycles. The van der Waals surface area contributed by atoms with Crippen molar-refractivity contribution in [3.63, 3.8) is 0 Å². The molecule has 0 N–H and O–H groups in total. The summed E-state index contributed by atoms with van der Waals surface area (Å²) in [5.41, 5.74) is 3.46. The SMILES string of the molecule is CSc1sc2c(c1-c1ccc([N+](=O)[O-])cc1)-n1cccc1C2=O. The largest absolute Gasteiger partial charge is 0.311 e. The van der Waals surface area contributed by atoms with Crippen LogP contribution in [0.1, 0.15) is 15.4 Å². The van der Waals surface area contributed by atoms with Crippen LogP contribution in [0.2, 0.25) is 0 Å². The highest BCUT2D eigenvalue weighted by molar-refractivity contribution is 8.00. The quantitative estimate of drug-likeness (QED) is 0.315. The molecule has 1 aromatic carbocycles. The number of nitro benzene ring substituents is 1. The highest BCUT2D eigenvalue weighted by atomic mass is 32.2. The summed E-state index contributed by atoms with van der Waals surface area (Å²) in [4.78, 5) is 23.7. The molecule has 0 radical (unpaired) electrons. The number of benzene rings is 1. The minimum Gasteiger partial charge on any atom is -0.311 e. The summed E-state index contributed by atoms with van der Waals surface area (Å²) in [5.74, 6) is 0.0402. The fourth-order valence-corrected chi connectivity index (χ4v) is 4.81. The maximum Gasteiger partial charge on any atom is 0.269 e. The second kappa shape index (κ2) is 5.07. The molecule has 23 heavy (non-hydrogen) atoms. The summed E-state index contributed by atoms with van der Waals surface area (Å²) in [6.45, 7) is 0. The van der Waals surface area contributed by atoms with Crippen molar-refractivity contribution in [3.05, 3.63) is 63.3 Å². The van der Waals surface area contributed by atoms with E-state index in [4.69, 9.17) is 0 Å². The number of thioether (sulfide) groups is 1. The zero-order valence-electron chi connectivity index (χ0n) is 12.0. The van der Waals surface area contributed by atoms with Crippen molar-refractivity contribution in [1.82, 2.24) is 4.57 Å². The maximum atomic E-state index is 12.5. The molecule has 7 heteroatoms. The lowest BCUT2D eigenvalue weighted by Gasteiger charge is -2.07. The van der Waals surface area contributed by atoms with Crippen molar-refractivity contribution in [3.8, 4) is 16.8 Å². The number of hydrogen-bond acceptors (Lipinski definition) is 5. The molecule has 4 rings (SSSR count). The Morgan fingerprint density at radius 2 is 1.96 bits per heavy atom. The zero-order valence-corrected chi connectivity index (χ0v) is 13.6. The molecule has 1 aliphatic heterocycles. The van der Waals surface area contributed by atoms with E-state index in [2.05, 4.69) is 0 Å². The predicted molar refractivity (Wildman–Crippen MR) is 90.9 cm³/mol. The van der Waals surface area contributed by atoms with Gasteiger partial charge in [-0.1, -0.05) is 0 Å². The van der Waals surface area contributed by atoms with Crippen LogP contribution in [0.15, 0.2) is 46.8 Å². The summed E-state index contributed by atoms with van der Waals surface area (Å²) in [5, 5.41) is 10.8. The lowest BCUT2D eigenvalue weighted by Crippen LogP contribution is -1.95. The molecule has 0 bridgehead atoms. The normalized spacial score (nSPS) is 12.3. The van der Waals surface area contributed by atoms with Crippen LogP contribution >= 0.6 is 23.1 Å². The molecule has 0 amide bonds. The highest BCUT2D eigenvalue weighted by Gasteiger charge is 2.33. The minimum atomic E-state index is -0.412. The molecule has 0 fully saturated rings. The fraction of sp³-hybridized carbons (Fsp3) is 0.0625. The Labute approximate surface area is 139 Å². The van der Waals surface area contributed by atoms with Gasteiger partial charge >= 0.3 is 0 Å². The maximum absolute atomic E-state index is 12.5. The molecular formula is C16H10N2O3S2. The number of ketones is 1. The van der Waals surface area contributed by atoms with Gasteiger partial charge in [0.05, 0.1) is 20.5 Å². The second-order valence-corrected chi connectivity index (χ2v) is 7.14. The van der Waals surface area contributed by atoms with Crippen LogP contribution in [0.4, 0.5) is 5.69 Å². The summed E-state index contributed by atoms with van der Waals surface area (Å²) < 4.78 is 2.95. The molecule has 1 aliphatic rings. The van der Waals surface area contributed by atoms with Gasteiger partial charge in [-0.2, -0.15) is 0 Å². The van der Waals surface area contributed by atoms with Gasteiger partial charge in [0.15, 0.2) is 0 Å². The summed E-state index contributed by atoms with van der Waals surface area (Å²) in [7, 11) is 0. The molecule has 2 aromatic heterocycles. The Morgan fingerprint density at radius 1 is 1.22 bits per heavy atom. The van der Waals surface area contributed by atoms with Gasteiger partial charge in [-0.25, -0.2) is 0 Å². The molecule has 0 aliphatic carbocycles. The minimum absolute atomic E-state index is 0.0402. The number of non-ortho nitro benzene ring substituents is 1. The van der Waals surface area contributed by atoms with Crippen LogP contribution in [0.25, 0.3) is 16.8 Å². The number of rotatable bonds is 3. The smallest absolute Gasteiger partial charge is 0.269 e. The van der Waals surface area contributed by atoms with Crippen LogP contribution in [0, 0.1) is 10.1 Å². The van der Waals surface area contributed by atoms with Crippen molar-refractivity contribution < 1.29 is 9.72 Å². The summed E-state index contributed by atoms with van der Waals surface area (Å²) in [6, 6.07) is 10.1. The number of carbonyl (C=O) groups excluding carboxylic acids is 1. The Hall–Kier alpha value is -2.38. The van der Waals surface area contributed by atoms with E-state index in [0.717, 1.165) is 25.9 Å². The van der Waals surface area contributed by atoms with Crippen LogP contribution in [0.3, 0.4) is 0 Å². The second-order valence-electron chi connectivity index (χ2n) is 5.04. The number of nitrogens with zero attached hydrogens (tertiary/aromatic N) is 2. The lowest BCUT2D eigenvalue weighted by molar-refractivity contribution is -0.384. The predicted octanol–water partition coefficient (Wildman–Crippen LogP) is 4.38. The van der Waals surface area contributed by atoms with Crippen LogP contribution < -0.4 is 0 Å². The van der Waals surface area contributed by atoms with Crippen molar-refractivity contribution in [2.24, 2.45) is 0 Å². The standard InChI is InChI=1S/C16H10N2O3S2/c1-22-16-12(9-4-6-10(7-5-9)18(20)21)13-15(23-16)14(19)11-3-2-8-17(11)13/h2-8H,1H3. The Bertz CT molecular complexity index is 954. The van der Waals surface area contributed by atoms with E-state index in [1.165, 1.54) is 23.5 Å². The molecular weight excluding hydrogens is 332 g/mol. The topological polar surface area (TPSA) is 65.1 Å². The third-order valence-corrected chi connectivity index (χ3v) is 6.13. The molecule has 3 aromatic rings. The van der Waals surface area contributed by atoms with Crippen LogP contribution in [0.5, 0.6) is 0 Å². The highest BCUT2D eigenvalue weighted by Crippen LogP contribution is 2.48. The van der Waals surface area contributed by atoms with Crippen LogP contribution in [-0.4, -0.2) is 21.5 Å². The van der Waals surface area contributed by atoms with Crippen LogP contribution in [-0.2, 0) is 0 Å². The molecule has 0 atom stereocenters. The first-order valence-electron chi connectivity index (χ1n) is 6.80. The van der Waals surface area contributed by atoms with Gasteiger partial charge in [0.1, 0.15) is 4.88 Å². The van der Waals surface area contributed by atoms with Crippen molar-refractivity contribution in [1.29, 1.82) is 0 Å². The summed E-state index contributed by atoms with van der Waals surface area (Å²) >= 11 is 3.07. The average Bonchev–Trinajstić information content (AvgIpc) is 3.22. The molecule has 0 unspecified atom stereocenters. The first-order valence-corrected chi connectivity index (χ1v) is 8.84. The summed E-state index contributed by atoms with van der Waals surface area (Å²) in [6.07, 6.45) is 3.85. The molecule has 5 nitrogen and oxygen atoms in total.